The van der Waals surface area contributed by atoms with Crippen LogP contribution in [0.1, 0.15) is 226 Å². The number of rotatable bonds is 37. The van der Waals surface area contributed by atoms with E-state index in [2.05, 4.69) is 20.8 Å². The van der Waals surface area contributed by atoms with E-state index >= 15 is 0 Å². The summed E-state index contributed by atoms with van der Waals surface area (Å²) in [5.41, 5.74) is 0. The van der Waals surface area contributed by atoms with Gasteiger partial charge in [-0.05, 0) is 19.3 Å². The standard InChI is InChI=1S/C41H78O6/c1-4-7-10-13-16-18-19-20-21-23-25-28-31-34-40(43)46-37-38(36-45-39(42)33-30-27-24-15-12-9-6-3)47-41(44)35-32-29-26-22-17-14-11-8-5-2/h38H,4-37H2,1-3H3. The van der Waals surface area contributed by atoms with Gasteiger partial charge in [-0.15, -0.1) is 0 Å². The van der Waals surface area contributed by atoms with Crippen LogP contribution in [0.2, 0.25) is 0 Å². The van der Waals surface area contributed by atoms with Crippen LogP contribution in [0.4, 0.5) is 0 Å². The van der Waals surface area contributed by atoms with Gasteiger partial charge in [0.1, 0.15) is 13.2 Å². The van der Waals surface area contributed by atoms with Crippen molar-refractivity contribution in [2.24, 2.45) is 0 Å². The normalized spacial score (nSPS) is 11.8. The second-order valence-electron chi connectivity index (χ2n) is 13.9. The lowest BCUT2D eigenvalue weighted by Crippen LogP contribution is -2.30. The maximum atomic E-state index is 12.6. The Morgan fingerprint density at radius 2 is 0.574 bits per heavy atom. The van der Waals surface area contributed by atoms with Gasteiger partial charge in [-0.1, -0.05) is 188 Å². The van der Waals surface area contributed by atoms with Crippen molar-refractivity contribution in [2.45, 2.75) is 232 Å². The largest absolute Gasteiger partial charge is 0.462 e. The second kappa shape index (κ2) is 37.2. The number of carbonyl (C=O) groups is 3. The zero-order chi connectivity index (χ0) is 34.5. The van der Waals surface area contributed by atoms with Gasteiger partial charge in [0.15, 0.2) is 6.10 Å². The molecule has 47 heavy (non-hydrogen) atoms. The zero-order valence-electron chi connectivity index (χ0n) is 31.6. The van der Waals surface area contributed by atoms with Crippen molar-refractivity contribution < 1.29 is 28.6 Å². The van der Waals surface area contributed by atoms with Crippen molar-refractivity contribution in [3.05, 3.63) is 0 Å². The molecule has 0 heterocycles. The molecule has 0 aliphatic rings. The van der Waals surface area contributed by atoms with Crippen molar-refractivity contribution in [3.63, 3.8) is 0 Å². The molecule has 0 fully saturated rings. The molecule has 278 valence electrons. The van der Waals surface area contributed by atoms with E-state index in [-0.39, 0.29) is 31.1 Å². The van der Waals surface area contributed by atoms with Crippen molar-refractivity contribution in [2.75, 3.05) is 13.2 Å². The van der Waals surface area contributed by atoms with Crippen LogP contribution in [0.15, 0.2) is 0 Å². The van der Waals surface area contributed by atoms with E-state index in [4.69, 9.17) is 14.2 Å². The highest BCUT2D eigenvalue weighted by Crippen LogP contribution is 2.15. The fourth-order valence-electron chi connectivity index (χ4n) is 5.97. The van der Waals surface area contributed by atoms with E-state index in [1.165, 1.54) is 128 Å². The maximum Gasteiger partial charge on any atom is 0.306 e. The van der Waals surface area contributed by atoms with Crippen LogP contribution >= 0.6 is 0 Å². The van der Waals surface area contributed by atoms with Gasteiger partial charge in [0.05, 0.1) is 0 Å². The topological polar surface area (TPSA) is 78.9 Å². The molecule has 0 aliphatic carbocycles. The molecular formula is C41H78O6. The average Bonchev–Trinajstić information content (AvgIpc) is 3.06. The Labute approximate surface area is 291 Å². The van der Waals surface area contributed by atoms with E-state index in [0.717, 1.165) is 57.8 Å². The van der Waals surface area contributed by atoms with Crippen molar-refractivity contribution in [1.29, 1.82) is 0 Å². The first-order chi connectivity index (χ1) is 23.0. The molecule has 0 saturated heterocycles. The predicted octanol–water partition coefficient (Wildman–Crippen LogP) is 12.5. The van der Waals surface area contributed by atoms with Crippen molar-refractivity contribution in [3.8, 4) is 0 Å². The first-order valence-corrected chi connectivity index (χ1v) is 20.5. The summed E-state index contributed by atoms with van der Waals surface area (Å²) in [5, 5.41) is 0. The summed E-state index contributed by atoms with van der Waals surface area (Å²) in [6.07, 6.45) is 35.2. The molecule has 0 spiro atoms. The fraction of sp³-hybridized carbons (Fsp3) is 0.927. The van der Waals surface area contributed by atoms with Gasteiger partial charge in [-0.25, -0.2) is 0 Å². The van der Waals surface area contributed by atoms with Gasteiger partial charge in [-0.2, -0.15) is 0 Å². The summed E-state index contributed by atoms with van der Waals surface area (Å²) in [5.74, 6) is -0.868. The number of esters is 3. The molecule has 0 N–H and O–H groups in total. The second-order valence-corrected chi connectivity index (χ2v) is 13.9. The van der Waals surface area contributed by atoms with Crippen LogP contribution in [0, 0.1) is 0 Å². The van der Waals surface area contributed by atoms with Crippen LogP contribution in [-0.2, 0) is 28.6 Å². The van der Waals surface area contributed by atoms with Crippen LogP contribution in [0.3, 0.4) is 0 Å². The highest BCUT2D eigenvalue weighted by atomic mass is 16.6. The minimum atomic E-state index is -0.755. The number of hydrogen-bond donors (Lipinski definition) is 0. The SMILES string of the molecule is CCCCCCCCCCCCCCCC(=O)OCC(COC(=O)CCCCCCCCC)OC(=O)CCCCCCCCCCC. The summed E-state index contributed by atoms with van der Waals surface area (Å²) in [6, 6.07) is 0. The summed E-state index contributed by atoms with van der Waals surface area (Å²) in [6.45, 7) is 6.57. The zero-order valence-corrected chi connectivity index (χ0v) is 31.6. The molecule has 0 aromatic rings. The van der Waals surface area contributed by atoms with E-state index < -0.39 is 6.10 Å². The Morgan fingerprint density at radius 3 is 0.851 bits per heavy atom. The molecule has 6 heteroatoms. The number of unbranched alkanes of at least 4 members (excludes halogenated alkanes) is 26. The monoisotopic (exact) mass is 667 g/mol. The summed E-state index contributed by atoms with van der Waals surface area (Å²) >= 11 is 0. The molecular weight excluding hydrogens is 588 g/mol. The molecule has 1 unspecified atom stereocenters. The Morgan fingerprint density at radius 1 is 0.340 bits per heavy atom. The van der Waals surface area contributed by atoms with Crippen LogP contribution in [-0.4, -0.2) is 37.2 Å². The first-order valence-electron chi connectivity index (χ1n) is 20.5. The molecule has 1 atom stereocenters. The van der Waals surface area contributed by atoms with E-state index in [1.807, 2.05) is 0 Å². The Balaban J connectivity index is 4.27. The number of carbonyl (C=O) groups excluding carboxylic acids is 3. The van der Waals surface area contributed by atoms with E-state index in [0.29, 0.717) is 19.3 Å². The Kier molecular flexibility index (Phi) is 36.0. The van der Waals surface area contributed by atoms with E-state index in [1.54, 1.807) is 0 Å². The maximum absolute atomic E-state index is 12.6. The predicted molar refractivity (Wildman–Crippen MR) is 197 cm³/mol. The van der Waals surface area contributed by atoms with Gasteiger partial charge >= 0.3 is 17.9 Å². The molecule has 0 rings (SSSR count). The first kappa shape index (κ1) is 45.4. The van der Waals surface area contributed by atoms with Crippen LogP contribution < -0.4 is 0 Å². The van der Waals surface area contributed by atoms with Gasteiger partial charge in [0.25, 0.3) is 0 Å². The Bertz CT molecular complexity index is 693. The quantitative estimate of drug-likeness (QED) is 0.0373. The molecule has 0 aromatic carbocycles. The Hall–Kier alpha value is -1.59. The molecule has 0 bridgehead atoms. The van der Waals surface area contributed by atoms with Gasteiger partial charge in [0, 0.05) is 19.3 Å². The molecule has 0 aromatic heterocycles. The van der Waals surface area contributed by atoms with Gasteiger partial charge < -0.3 is 14.2 Å². The molecule has 0 saturated carbocycles. The van der Waals surface area contributed by atoms with Gasteiger partial charge in [-0.3, -0.25) is 14.4 Å². The van der Waals surface area contributed by atoms with E-state index in [9.17, 15) is 14.4 Å². The molecule has 0 amide bonds. The average molecular weight is 667 g/mol. The lowest BCUT2D eigenvalue weighted by molar-refractivity contribution is -0.167. The van der Waals surface area contributed by atoms with Crippen LogP contribution in [0.5, 0.6) is 0 Å². The lowest BCUT2D eigenvalue weighted by atomic mass is 10.0. The van der Waals surface area contributed by atoms with Gasteiger partial charge in [0.2, 0.25) is 0 Å². The van der Waals surface area contributed by atoms with Crippen LogP contribution in [0.25, 0.3) is 0 Å². The van der Waals surface area contributed by atoms with Crippen molar-refractivity contribution >= 4 is 17.9 Å². The highest BCUT2D eigenvalue weighted by Gasteiger charge is 2.19. The number of ether oxygens (including phenoxy) is 3. The molecule has 0 radical (unpaired) electrons. The summed E-state index contributed by atoms with van der Waals surface area (Å²) in [4.78, 5) is 37.3. The third-order valence-corrected chi connectivity index (χ3v) is 9.11. The third kappa shape index (κ3) is 35.5. The smallest absolute Gasteiger partial charge is 0.306 e. The van der Waals surface area contributed by atoms with Crippen molar-refractivity contribution in [1.82, 2.24) is 0 Å². The molecule has 6 nitrogen and oxygen atoms in total. The lowest BCUT2D eigenvalue weighted by Gasteiger charge is -2.18. The minimum Gasteiger partial charge on any atom is -0.462 e. The highest BCUT2D eigenvalue weighted by molar-refractivity contribution is 5.71. The summed E-state index contributed by atoms with van der Waals surface area (Å²) < 4.78 is 16.6. The summed E-state index contributed by atoms with van der Waals surface area (Å²) in [7, 11) is 0. The fourth-order valence-corrected chi connectivity index (χ4v) is 5.97. The molecule has 0 aliphatic heterocycles. The third-order valence-electron chi connectivity index (χ3n) is 9.11. The minimum absolute atomic E-state index is 0.0640. The number of hydrogen-bond acceptors (Lipinski definition) is 6.